The third-order valence-corrected chi connectivity index (χ3v) is 4.73. The molecule has 0 aliphatic carbocycles. The van der Waals surface area contributed by atoms with E-state index in [1.165, 1.54) is 24.3 Å². The Hall–Kier alpha value is -2.85. The highest BCUT2D eigenvalue weighted by Gasteiger charge is 2.35. The number of hydrogen-bond donors (Lipinski definition) is 2. The number of benzene rings is 2. The lowest BCUT2D eigenvalue weighted by Gasteiger charge is -2.21. The fourth-order valence-corrected chi connectivity index (χ4v) is 3.39. The normalized spacial score (nSPS) is 19.9. The summed E-state index contributed by atoms with van der Waals surface area (Å²) in [5, 5.41) is 34.0. The number of nitrogens with zero attached hydrogens (tertiary/aromatic N) is 4. The van der Waals surface area contributed by atoms with E-state index in [4.69, 9.17) is 9.73 Å². The zero-order chi connectivity index (χ0) is 19.7. The molecule has 9 heteroatoms. The maximum Gasteiger partial charge on any atom is 0.244 e. The van der Waals surface area contributed by atoms with E-state index in [1.54, 1.807) is 24.3 Å². The van der Waals surface area contributed by atoms with Gasteiger partial charge in [-0.2, -0.15) is 4.98 Å². The van der Waals surface area contributed by atoms with Gasteiger partial charge in [0.2, 0.25) is 11.7 Å². The quantitative estimate of drug-likeness (QED) is 0.646. The summed E-state index contributed by atoms with van der Waals surface area (Å²) in [5.74, 6) is 0.328. The Kier molecular flexibility index (Phi) is 5.05. The van der Waals surface area contributed by atoms with E-state index >= 15 is 0 Å². The molecule has 1 aromatic heterocycles. The van der Waals surface area contributed by atoms with Crippen molar-refractivity contribution in [2.24, 2.45) is 0 Å². The van der Waals surface area contributed by atoms with E-state index in [-0.39, 0.29) is 28.6 Å². The summed E-state index contributed by atoms with van der Waals surface area (Å²) < 4.78 is 18.5. The molecule has 1 aliphatic heterocycles. The first-order valence-corrected chi connectivity index (χ1v) is 8.76. The Morgan fingerprint density at radius 3 is 2.79 bits per heavy atom. The number of hydrogen-bond acceptors (Lipinski definition) is 8. The molecule has 146 valence electrons. The molecule has 2 aromatic carbocycles. The van der Waals surface area contributed by atoms with Crippen LogP contribution in [0.5, 0.6) is 0 Å². The van der Waals surface area contributed by atoms with Crippen LogP contribution in [0.15, 0.2) is 53.1 Å². The number of β-amino-alcohol motifs (C(OH)–C–C–N with tert-alkyl or cyclic N) is 1. The van der Waals surface area contributed by atoms with Crippen LogP contribution >= 0.6 is 0 Å². The van der Waals surface area contributed by atoms with Gasteiger partial charge in [-0.3, -0.25) is 10.1 Å². The summed E-state index contributed by atoms with van der Waals surface area (Å²) in [6.07, 6.45) is -0.0963. The fourth-order valence-electron chi connectivity index (χ4n) is 3.39. The van der Waals surface area contributed by atoms with E-state index < -0.39 is 6.10 Å². The summed E-state index contributed by atoms with van der Waals surface area (Å²) in [6, 6.07) is 12.1. The Bertz CT molecular complexity index is 947. The van der Waals surface area contributed by atoms with Crippen molar-refractivity contribution in [1.82, 2.24) is 15.0 Å². The Labute approximate surface area is 160 Å². The molecule has 0 saturated carbocycles. The van der Waals surface area contributed by atoms with Crippen LogP contribution in [0.3, 0.4) is 0 Å². The molecule has 2 unspecified atom stereocenters. The van der Waals surface area contributed by atoms with E-state index in [9.17, 15) is 14.7 Å². The average Bonchev–Trinajstić information content (AvgIpc) is 3.30. The number of aromatic nitrogens is 2. The van der Waals surface area contributed by atoms with Crippen LogP contribution in [-0.2, 0) is 6.54 Å². The standard InChI is InChI=1S/C19H18FN4O4/c20-14-6-4-12(5-7-14)10-23-11-16(25)9-17(23)19-21-18(22-28-19)13-2-1-3-15(8-13)24(26)27/h1-8,16-17,25-26H,9-11H2/q-1. The topological polar surface area (TPSA) is 109 Å². The molecule has 0 bridgehead atoms. The molecule has 2 atom stereocenters. The van der Waals surface area contributed by atoms with Crippen molar-refractivity contribution in [2.75, 3.05) is 11.8 Å². The summed E-state index contributed by atoms with van der Waals surface area (Å²) in [4.78, 5) is 6.41. The van der Waals surface area contributed by atoms with Gasteiger partial charge in [0.05, 0.1) is 17.8 Å². The Balaban J connectivity index is 1.56. The highest BCUT2D eigenvalue weighted by atomic mass is 19.1. The van der Waals surface area contributed by atoms with Gasteiger partial charge in [0.15, 0.2) is 0 Å². The second-order valence-corrected chi connectivity index (χ2v) is 6.74. The van der Waals surface area contributed by atoms with E-state index in [1.807, 2.05) is 4.90 Å². The third kappa shape index (κ3) is 3.87. The molecular formula is C19H18FN4O4-. The zero-order valence-corrected chi connectivity index (χ0v) is 14.8. The van der Waals surface area contributed by atoms with Gasteiger partial charge in [-0.25, -0.2) is 4.39 Å². The molecule has 4 rings (SSSR count). The molecule has 8 nitrogen and oxygen atoms in total. The first-order valence-electron chi connectivity index (χ1n) is 8.76. The van der Waals surface area contributed by atoms with Gasteiger partial charge in [-0.05, 0) is 36.2 Å². The van der Waals surface area contributed by atoms with Gasteiger partial charge in [0.25, 0.3) is 0 Å². The molecule has 0 spiro atoms. The van der Waals surface area contributed by atoms with Crippen LogP contribution in [0.1, 0.15) is 23.9 Å². The maximum atomic E-state index is 13.1. The number of halogens is 1. The first-order chi connectivity index (χ1) is 13.5. The van der Waals surface area contributed by atoms with Crippen molar-refractivity contribution >= 4 is 5.69 Å². The molecule has 2 heterocycles. The van der Waals surface area contributed by atoms with Crippen LogP contribution in [0.4, 0.5) is 10.1 Å². The molecule has 3 aromatic rings. The number of rotatable bonds is 5. The van der Waals surface area contributed by atoms with Crippen LogP contribution in [-0.4, -0.2) is 38.0 Å². The summed E-state index contributed by atoms with van der Waals surface area (Å²) in [7, 11) is 0. The Morgan fingerprint density at radius 1 is 1.25 bits per heavy atom. The largest absolute Gasteiger partial charge is 0.733 e. The van der Waals surface area contributed by atoms with E-state index in [0.717, 1.165) is 5.56 Å². The lowest BCUT2D eigenvalue weighted by atomic mass is 10.1. The molecule has 1 saturated heterocycles. The molecule has 1 aliphatic rings. The summed E-state index contributed by atoms with van der Waals surface area (Å²) in [6.45, 7) is 0.940. The van der Waals surface area contributed by atoms with Crippen molar-refractivity contribution in [3.63, 3.8) is 0 Å². The second kappa shape index (κ2) is 7.64. The fraction of sp³-hybridized carbons (Fsp3) is 0.263. The van der Waals surface area contributed by atoms with Gasteiger partial charge in [0.1, 0.15) is 5.82 Å². The summed E-state index contributed by atoms with van der Waals surface area (Å²) in [5.41, 5.74) is 1.48. The smallest absolute Gasteiger partial charge is 0.244 e. The second-order valence-electron chi connectivity index (χ2n) is 6.74. The van der Waals surface area contributed by atoms with Crippen LogP contribution in [0, 0.1) is 11.0 Å². The van der Waals surface area contributed by atoms with Crippen LogP contribution in [0.2, 0.25) is 0 Å². The third-order valence-electron chi connectivity index (χ3n) is 4.73. The number of aliphatic hydroxyl groups is 1. The van der Waals surface area contributed by atoms with Crippen LogP contribution in [0.25, 0.3) is 11.4 Å². The molecule has 0 amide bonds. The first kappa shape index (κ1) is 18.5. The van der Waals surface area contributed by atoms with Gasteiger partial charge < -0.3 is 20.1 Å². The zero-order valence-electron chi connectivity index (χ0n) is 14.8. The lowest BCUT2D eigenvalue weighted by molar-refractivity contribution is 0.169. The highest BCUT2D eigenvalue weighted by molar-refractivity contribution is 5.62. The minimum Gasteiger partial charge on any atom is -0.733 e. The lowest BCUT2D eigenvalue weighted by Crippen LogP contribution is -2.24. The molecular weight excluding hydrogens is 367 g/mol. The average molecular weight is 385 g/mol. The monoisotopic (exact) mass is 385 g/mol. The number of likely N-dealkylation sites (tertiary alicyclic amines) is 1. The molecule has 28 heavy (non-hydrogen) atoms. The van der Waals surface area contributed by atoms with Gasteiger partial charge in [-0.15, -0.1) is 0 Å². The van der Waals surface area contributed by atoms with Crippen LogP contribution < -0.4 is 5.23 Å². The minimum atomic E-state index is -0.535. The molecule has 1 fully saturated rings. The van der Waals surface area contributed by atoms with Crippen molar-refractivity contribution in [3.8, 4) is 11.4 Å². The minimum absolute atomic E-state index is 0.0538. The van der Waals surface area contributed by atoms with Gasteiger partial charge in [0, 0.05) is 18.7 Å². The van der Waals surface area contributed by atoms with E-state index in [0.29, 0.717) is 31.0 Å². The predicted molar refractivity (Wildman–Crippen MR) is 97.5 cm³/mol. The van der Waals surface area contributed by atoms with Gasteiger partial charge in [-0.1, -0.05) is 29.4 Å². The highest BCUT2D eigenvalue weighted by Crippen LogP contribution is 2.33. The summed E-state index contributed by atoms with van der Waals surface area (Å²) >= 11 is 0. The predicted octanol–water partition coefficient (Wildman–Crippen LogP) is 2.88. The van der Waals surface area contributed by atoms with E-state index in [2.05, 4.69) is 10.1 Å². The van der Waals surface area contributed by atoms with Gasteiger partial charge >= 0.3 is 0 Å². The van der Waals surface area contributed by atoms with Crippen molar-refractivity contribution in [1.29, 1.82) is 0 Å². The van der Waals surface area contributed by atoms with Crippen molar-refractivity contribution < 1.29 is 19.2 Å². The SMILES string of the molecule is [O-]N(O)c1cccc(-c2noc(C3CC(O)CN3Cc3ccc(F)cc3)n2)c1. The molecule has 2 N–H and O–H groups in total. The Morgan fingerprint density at radius 2 is 2.04 bits per heavy atom. The van der Waals surface area contributed by atoms with Crippen molar-refractivity contribution in [2.45, 2.75) is 25.1 Å². The van der Waals surface area contributed by atoms with Crippen molar-refractivity contribution in [3.05, 3.63) is 71.0 Å². The number of aliphatic hydroxyl groups excluding tert-OH is 1. The molecule has 0 radical (unpaired) electrons. The number of anilines is 1. The maximum absolute atomic E-state index is 13.1.